The molecule has 1 unspecified atom stereocenters. The van der Waals surface area contributed by atoms with Gasteiger partial charge in [0.15, 0.2) is 0 Å². The van der Waals surface area contributed by atoms with Crippen molar-refractivity contribution in [2.24, 2.45) is 13.0 Å². The van der Waals surface area contributed by atoms with E-state index in [-0.39, 0.29) is 0 Å². The average Bonchev–Trinajstić information content (AvgIpc) is 2.97. The molecule has 1 aromatic heterocycles. The van der Waals surface area contributed by atoms with Crippen LogP contribution in [0.25, 0.3) is 0 Å². The molecule has 84 valence electrons. The Morgan fingerprint density at radius 3 is 3.00 bits per heavy atom. The predicted octanol–water partition coefficient (Wildman–Crippen LogP) is 1.90. The summed E-state index contributed by atoms with van der Waals surface area (Å²) in [4.78, 5) is 1.28. The molecule has 0 amide bonds. The fraction of sp³-hybridized carbons (Fsp3) is 0.727. The van der Waals surface area contributed by atoms with E-state index in [2.05, 4.69) is 23.5 Å². The van der Waals surface area contributed by atoms with Gasteiger partial charge in [-0.05, 0) is 25.3 Å². The molecule has 0 bridgehead atoms. The first-order valence-corrected chi connectivity index (χ1v) is 6.63. The second-order valence-corrected chi connectivity index (χ2v) is 5.26. The van der Waals surface area contributed by atoms with Gasteiger partial charge in [0.25, 0.3) is 0 Å². The van der Waals surface area contributed by atoms with Crippen LogP contribution in [-0.2, 0) is 7.05 Å². The van der Waals surface area contributed by atoms with Crippen molar-refractivity contribution in [1.82, 2.24) is 15.1 Å². The summed E-state index contributed by atoms with van der Waals surface area (Å²) in [5.41, 5.74) is 0. The van der Waals surface area contributed by atoms with Crippen LogP contribution in [0.5, 0.6) is 0 Å². The highest BCUT2D eigenvalue weighted by molar-refractivity contribution is 7.99. The Kier molecular flexibility index (Phi) is 3.70. The van der Waals surface area contributed by atoms with Crippen LogP contribution in [0.1, 0.15) is 19.8 Å². The lowest BCUT2D eigenvalue weighted by molar-refractivity contribution is 0.519. The Balaban J connectivity index is 1.79. The van der Waals surface area contributed by atoms with E-state index in [0.717, 1.165) is 12.5 Å². The molecule has 0 spiro atoms. The lowest BCUT2D eigenvalue weighted by atomic mass is 10.2. The number of hydrogen-bond acceptors (Lipinski definition) is 3. The molecule has 1 aliphatic carbocycles. The molecule has 0 saturated heterocycles. The zero-order chi connectivity index (χ0) is 10.7. The van der Waals surface area contributed by atoms with Gasteiger partial charge in [0.2, 0.25) is 0 Å². The van der Waals surface area contributed by atoms with Gasteiger partial charge in [0.1, 0.15) is 0 Å². The van der Waals surface area contributed by atoms with E-state index in [9.17, 15) is 0 Å². The fourth-order valence-electron chi connectivity index (χ4n) is 1.78. The van der Waals surface area contributed by atoms with Crippen LogP contribution in [0.15, 0.2) is 17.3 Å². The molecule has 1 aromatic rings. The van der Waals surface area contributed by atoms with Crippen molar-refractivity contribution in [2.45, 2.75) is 30.7 Å². The maximum absolute atomic E-state index is 4.18. The summed E-state index contributed by atoms with van der Waals surface area (Å²) >= 11 is 1.91. The second kappa shape index (κ2) is 5.03. The zero-order valence-electron chi connectivity index (χ0n) is 9.44. The predicted molar refractivity (Wildman–Crippen MR) is 64.1 cm³/mol. The number of thioether (sulfide) groups is 1. The quantitative estimate of drug-likeness (QED) is 0.750. The highest BCUT2D eigenvalue weighted by Gasteiger charge is 2.30. The van der Waals surface area contributed by atoms with E-state index in [1.807, 2.05) is 29.7 Å². The number of hydrogen-bond donors (Lipinski definition) is 1. The van der Waals surface area contributed by atoms with Crippen molar-refractivity contribution >= 4 is 11.8 Å². The van der Waals surface area contributed by atoms with Crippen molar-refractivity contribution in [1.29, 1.82) is 0 Å². The largest absolute Gasteiger partial charge is 0.313 e. The Labute approximate surface area is 95.6 Å². The van der Waals surface area contributed by atoms with Gasteiger partial charge in [0.05, 0.1) is 6.20 Å². The third kappa shape index (κ3) is 3.24. The minimum atomic E-state index is 0.695. The van der Waals surface area contributed by atoms with Crippen LogP contribution in [0.2, 0.25) is 0 Å². The number of nitrogens with zero attached hydrogens (tertiary/aromatic N) is 2. The molecule has 1 heterocycles. The van der Waals surface area contributed by atoms with E-state index in [1.165, 1.54) is 23.5 Å². The smallest absolute Gasteiger partial charge is 0.0625 e. The first-order valence-electron chi connectivity index (χ1n) is 5.64. The molecule has 3 nitrogen and oxygen atoms in total. The van der Waals surface area contributed by atoms with Crippen molar-refractivity contribution in [2.75, 3.05) is 12.3 Å². The van der Waals surface area contributed by atoms with Crippen molar-refractivity contribution < 1.29 is 0 Å². The first-order chi connectivity index (χ1) is 7.29. The molecule has 4 heteroatoms. The Morgan fingerprint density at radius 2 is 2.47 bits per heavy atom. The summed E-state index contributed by atoms with van der Waals surface area (Å²) in [6.45, 7) is 3.26. The fourth-order valence-corrected chi connectivity index (χ4v) is 2.89. The maximum Gasteiger partial charge on any atom is 0.0625 e. The van der Waals surface area contributed by atoms with Crippen LogP contribution < -0.4 is 5.32 Å². The molecule has 1 atom stereocenters. The molecule has 1 fully saturated rings. The van der Waals surface area contributed by atoms with Gasteiger partial charge >= 0.3 is 0 Å². The molecule has 0 aromatic carbocycles. The molecular formula is C11H19N3S. The highest BCUT2D eigenvalue weighted by atomic mass is 32.2. The topological polar surface area (TPSA) is 29.9 Å². The molecule has 1 N–H and O–H groups in total. The van der Waals surface area contributed by atoms with Crippen molar-refractivity contribution in [3.8, 4) is 0 Å². The van der Waals surface area contributed by atoms with E-state index in [1.54, 1.807) is 0 Å². The highest BCUT2D eigenvalue weighted by Crippen LogP contribution is 2.35. The standard InChI is InChI=1S/C11H19N3S/c1-3-12-11(9-4-5-9)8-15-10-6-13-14(2)7-10/h6-7,9,11-12H,3-5,8H2,1-2H3. The molecule has 15 heavy (non-hydrogen) atoms. The number of rotatable bonds is 6. The van der Waals surface area contributed by atoms with Gasteiger partial charge in [-0.15, -0.1) is 11.8 Å². The molecule has 2 rings (SSSR count). The SMILES string of the molecule is CCNC(CSc1cnn(C)c1)C1CC1. The van der Waals surface area contributed by atoms with Gasteiger partial charge in [0, 0.05) is 29.9 Å². The number of aryl methyl sites for hydroxylation is 1. The van der Waals surface area contributed by atoms with Crippen molar-refractivity contribution in [3.05, 3.63) is 12.4 Å². The second-order valence-electron chi connectivity index (χ2n) is 4.16. The summed E-state index contributed by atoms with van der Waals surface area (Å²) in [6, 6.07) is 0.695. The zero-order valence-corrected chi connectivity index (χ0v) is 10.3. The maximum atomic E-state index is 4.18. The van der Waals surface area contributed by atoms with E-state index in [0.29, 0.717) is 6.04 Å². The summed E-state index contributed by atoms with van der Waals surface area (Å²) in [6.07, 6.45) is 6.84. The third-order valence-electron chi connectivity index (χ3n) is 2.77. The van der Waals surface area contributed by atoms with Gasteiger partial charge < -0.3 is 5.32 Å². The Morgan fingerprint density at radius 1 is 1.67 bits per heavy atom. The van der Waals surface area contributed by atoms with Crippen LogP contribution in [0.4, 0.5) is 0 Å². The molecular weight excluding hydrogens is 206 g/mol. The normalized spacial score (nSPS) is 18.0. The van der Waals surface area contributed by atoms with E-state index >= 15 is 0 Å². The lowest BCUT2D eigenvalue weighted by Gasteiger charge is -2.15. The van der Waals surface area contributed by atoms with E-state index in [4.69, 9.17) is 0 Å². The van der Waals surface area contributed by atoms with Gasteiger partial charge in [-0.25, -0.2) is 0 Å². The first kappa shape index (κ1) is 11.0. The Bertz CT molecular complexity index is 307. The van der Waals surface area contributed by atoms with E-state index < -0.39 is 0 Å². The van der Waals surface area contributed by atoms with Gasteiger partial charge in [-0.3, -0.25) is 4.68 Å². The molecule has 1 saturated carbocycles. The van der Waals surface area contributed by atoms with Crippen LogP contribution in [0.3, 0.4) is 0 Å². The van der Waals surface area contributed by atoms with Gasteiger partial charge in [-0.1, -0.05) is 6.92 Å². The number of aromatic nitrogens is 2. The minimum Gasteiger partial charge on any atom is -0.313 e. The molecule has 0 radical (unpaired) electrons. The summed E-state index contributed by atoms with van der Waals surface area (Å²) in [5, 5.41) is 7.75. The van der Waals surface area contributed by atoms with Gasteiger partial charge in [-0.2, -0.15) is 5.10 Å². The van der Waals surface area contributed by atoms with Crippen LogP contribution in [0, 0.1) is 5.92 Å². The molecule has 1 aliphatic rings. The Hall–Kier alpha value is -0.480. The third-order valence-corrected chi connectivity index (χ3v) is 3.84. The number of nitrogens with one attached hydrogen (secondary N) is 1. The monoisotopic (exact) mass is 225 g/mol. The molecule has 0 aliphatic heterocycles. The summed E-state index contributed by atoms with van der Waals surface area (Å²) in [7, 11) is 1.97. The van der Waals surface area contributed by atoms with Crippen LogP contribution >= 0.6 is 11.8 Å². The summed E-state index contributed by atoms with van der Waals surface area (Å²) < 4.78 is 1.86. The average molecular weight is 225 g/mol. The minimum absolute atomic E-state index is 0.695. The van der Waals surface area contributed by atoms with Crippen LogP contribution in [-0.4, -0.2) is 28.1 Å². The summed E-state index contributed by atoms with van der Waals surface area (Å²) in [5.74, 6) is 2.10. The lowest BCUT2D eigenvalue weighted by Crippen LogP contribution is -2.33. The van der Waals surface area contributed by atoms with Crippen molar-refractivity contribution in [3.63, 3.8) is 0 Å².